The zero-order valence-electron chi connectivity index (χ0n) is 7.79. The molecule has 4 nitrogen and oxygen atoms in total. The average Bonchev–Trinajstić information content (AvgIpc) is 2.21. The lowest BCUT2D eigenvalue weighted by Crippen LogP contribution is -2.06. The van der Waals surface area contributed by atoms with Gasteiger partial charge in [0.25, 0.3) is 0 Å². The first-order valence-corrected chi connectivity index (χ1v) is 4.85. The van der Waals surface area contributed by atoms with Crippen molar-refractivity contribution in [3.05, 3.63) is 22.2 Å². The molecule has 0 aliphatic rings. The van der Waals surface area contributed by atoms with Gasteiger partial charge in [-0.1, -0.05) is 30.1 Å². The lowest BCUT2D eigenvalue weighted by molar-refractivity contribution is -0.213. The highest BCUT2D eigenvalue weighted by atomic mass is 35.5. The van der Waals surface area contributed by atoms with Gasteiger partial charge in [-0.2, -0.15) is 0 Å². The molecule has 6 heteroatoms. The van der Waals surface area contributed by atoms with E-state index in [1.165, 1.54) is 6.07 Å². The monoisotopic (exact) mass is 250 g/mol. The number of halogens is 2. The Labute approximate surface area is 96.2 Å². The second-order valence-corrected chi connectivity index (χ2v) is 3.44. The largest absolute Gasteiger partial charge is 0.506 e. The molecule has 0 heterocycles. The van der Waals surface area contributed by atoms with E-state index < -0.39 is 5.97 Å². The zero-order chi connectivity index (χ0) is 11.4. The fraction of sp³-hybridized carbons (Fsp3) is 0.222. The van der Waals surface area contributed by atoms with Crippen molar-refractivity contribution in [1.29, 1.82) is 0 Å². The van der Waals surface area contributed by atoms with Gasteiger partial charge in [0.1, 0.15) is 5.75 Å². The molecule has 0 saturated heterocycles. The number of benzene rings is 1. The van der Waals surface area contributed by atoms with E-state index in [1.807, 2.05) is 0 Å². The predicted molar refractivity (Wildman–Crippen MR) is 55.1 cm³/mol. The number of carbonyl (C=O) groups is 1. The zero-order valence-corrected chi connectivity index (χ0v) is 9.30. The van der Waals surface area contributed by atoms with E-state index in [2.05, 4.69) is 9.78 Å². The molecule has 0 bridgehead atoms. The molecule has 0 aromatic heterocycles. The highest BCUT2D eigenvalue weighted by Crippen LogP contribution is 2.34. The molecule has 1 rings (SSSR count). The summed E-state index contributed by atoms with van der Waals surface area (Å²) in [5, 5.41) is 9.47. The van der Waals surface area contributed by atoms with Gasteiger partial charge in [-0.25, -0.2) is 4.79 Å². The third-order valence-electron chi connectivity index (χ3n) is 1.51. The smallest absolute Gasteiger partial charge is 0.355 e. The highest BCUT2D eigenvalue weighted by molar-refractivity contribution is 6.36. The molecule has 0 atom stereocenters. The van der Waals surface area contributed by atoms with Crippen molar-refractivity contribution in [3.8, 4) is 11.5 Å². The SMILES string of the molecule is CCC(=O)OOc1cc(O)c(Cl)cc1Cl. The Bertz CT molecular complexity index is 379. The van der Waals surface area contributed by atoms with Gasteiger partial charge in [0, 0.05) is 12.5 Å². The van der Waals surface area contributed by atoms with Crippen molar-refractivity contribution in [2.45, 2.75) is 13.3 Å². The quantitative estimate of drug-likeness (QED) is 0.662. The Morgan fingerprint density at radius 1 is 1.40 bits per heavy atom. The molecular weight excluding hydrogens is 243 g/mol. The molecular formula is C9H8Cl2O4. The van der Waals surface area contributed by atoms with Crippen LogP contribution in [0.2, 0.25) is 10.0 Å². The summed E-state index contributed by atoms with van der Waals surface area (Å²) < 4.78 is 0. The summed E-state index contributed by atoms with van der Waals surface area (Å²) in [5.74, 6) is -0.718. The molecule has 0 amide bonds. The maximum atomic E-state index is 10.8. The molecule has 0 fully saturated rings. The maximum Gasteiger partial charge on any atom is 0.355 e. The molecule has 0 saturated carbocycles. The molecule has 82 valence electrons. The van der Waals surface area contributed by atoms with Crippen LogP contribution in [0, 0.1) is 0 Å². The lowest BCUT2D eigenvalue weighted by atomic mass is 10.3. The topological polar surface area (TPSA) is 55.8 Å². The van der Waals surface area contributed by atoms with Gasteiger partial charge in [-0.05, 0) is 6.07 Å². The maximum absolute atomic E-state index is 10.8. The lowest BCUT2D eigenvalue weighted by Gasteiger charge is -2.06. The Hall–Kier alpha value is -1.13. The molecule has 0 unspecified atom stereocenters. The van der Waals surface area contributed by atoms with Gasteiger partial charge < -0.3 is 5.11 Å². The van der Waals surface area contributed by atoms with Crippen molar-refractivity contribution >= 4 is 29.2 Å². The van der Waals surface area contributed by atoms with Crippen LogP contribution in [0.3, 0.4) is 0 Å². The van der Waals surface area contributed by atoms with E-state index in [4.69, 9.17) is 23.2 Å². The van der Waals surface area contributed by atoms with E-state index in [9.17, 15) is 9.90 Å². The minimum absolute atomic E-state index is 0.0281. The van der Waals surface area contributed by atoms with E-state index in [1.54, 1.807) is 6.92 Å². The van der Waals surface area contributed by atoms with Crippen LogP contribution in [0.5, 0.6) is 11.5 Å². The Balaban J connectivity index is 2.77. The molecule has 0 aliphatic carbocycles. The molecule has 15 heavy (non-hydrogen) atoms. The summed E-state index contributed by atoms with van der Waals surface area (Å²) >= 11 is 11.3. The number of carbonyl (C=O) groups excluding carboxylic acids is 1. The summed E-state index contributed by atoms with van der Waals surface area (Å²) in [4.78, 5) is 19.8. The number of hydrogen-bond acceptors (Lipinski definition) is 4. The van der Waals surface area contributed by atoms with Gasteiger partial charge in [0.2, 0.25) is 5.75 Å². The summed E-state index contributed by atoms with van der Waals surface area (Å²) in [6.07, 6.45) is 0.178. The van der Waals surface area contributed by atoms with Gasteiger partial charge in [-0.3, -0.25) is 9.78 Å². The minimum Gasteiger partial charge on any atom is -0.506 e. The van der Waals surface area contributed by atoms with Gasteiger partial charge >= 0.3 is 5.97 Å². The van der Waals surface area contributed by atoms with E-state index >= 15 is 0 Å². The van der Waals surface area contributed by atoms with Gasteiger partial charge in [0.15, 0.2) is 0 Å². The highest BCUT2D eigenvalue weighted by Gasteiger charge is 2.10. The second kappa shape index (κ2) is 5.09. The average molecular weight is 251 g/mol. The number of rotatable bonds is 3. The number of hydrogen-bond donors (Lipinski definition) is 1. The first-order valence-electron chi connectivity index (χ1n) is 4.10. The summed E-state index contributed by atoms with van der Waals surface area (Å²) in [7, 11) is 0. The second-order valence-electron chi connectivity index (χ2n) is 2.63. The van der Waals surface area contributed by atoms with Crippen LogP contribution in [-0.2, 0) is 9.68 Å². The molecule has 1 N–H and O–H groups in total. The van der Waals surface area contributed by atoms with Crippen LogP contribution in [0.25, 0.3) is 0 Å². The van der Waals surface area contributed by atoms with Crippen molar-refractivity contribution in [2.24, 2.45) is 0 Å². The Kier molecular flexibility index (Phi) is 4.05. The van der Waals surface area contributed by atoms with Crippen LogP contribution in [-0.4, -0.2) is 11.1 Å². The fourth-order valence-electron chi connectivity index (χ4n) is 0.733. The number of aromatic hydroxyl groups is 1. The molecule has 1 aromatic carbocycles. The van der Waals surface area contributed by atoms with Crippen molar-refractivity contribution in [3.63, 3.8) is 0 Å². The standard InChI is InChI=1S/C9H8Cl2O4/c1-2-9(13)15-14-8-4-7(12)5(10)3-6(8)11/h3-4,12H,2H2,1H3. The molecule has 0 aliphatic heterocycles. The third kappa shape index (κ3) is 3.18. The summed E-state index contributed by atoms with van der Waals surface area (Å²) in [5.41, 5.74) is 0. The van der Waals surface area contributed by atoms with E-state index in [0.29, 0.717) is 0 Å². The Morgan fingerprint density at radius 3 is 2.67 bits per heavy atom. The van der Waals surface area contributed by atoms with Crippen molar-refractivity contribution in [1.82, 2.24) is 0 Å². The van der Waals surface area contributed by atoms with Crippen LogP contribution < -0.4 is 4.89 Å². The van der Waals surface area contributed by atoms with Crippen LogP contribution in [0.15, 0.2) is 12.1 Å². The first-order chi connectivity index (χ1) is 7.04. The van der Waals surface area contributed by atoms with Crippen molar-refractivity contribution in [2.75, 3.05) is 0 Å². The van der Waals surface area contributed by atoms with Crippen molar-refractivity contribution < 1.29 is 19.7 Å². The summed E-state index contributed by atoms with van der Waals surface area (Å²) in [6.45, 7) is 1.62. The van der Waals surface area contributed by atoms with E-state index in [0.717, 1.165) is 6.07 Å². The van der Waals surface area contributed by atoms with Gasteiger partial charge in [0.05, 0.1) is 10.0 Å². The van der Waals surface area contributed by atoms with Crippen LogP contribution in [0.4, 0.5) is 0 Å². The third-order valence-corrected chi connectivity index (χ3v) is 2.11. The van der Waals surface area contributed by atoms with E-state index in [-0.39, 0.29) is 28.0 Å². The fourth-order valence-corrected chi connectivity index (χ4v) is 1.15. The Morgan fingerprint density at radius 2 is 2.07 bits per heavy atom. The summed E-state index contributed by atoms with van der Waals surface area (Å²) in [6, 6.07) is 2.45. The first kappa shape index (κ1) is 11.9. The normalized spacial score (nSPS) is 9.80. The van der Waals surface area contributed by atoms with Crippen LogP contribution in [0.1, 0.15) is 13.3 Å². The number of phenolic OH excluding ortho intramolecular Hbond substituents is 1. The number of phenols is 1. The predicted octanol–water partition coefficient (Wildman–Crippen LogP) is 2.95. The molecule has 0 radical (unpaired) electrons. The molecule has 1 aromatic rings. The minimum atomic E-state index is -0.541. The van der Waals surface area contributed by atoms with Gasteiger partial charge in [-0.15, -0.1) is 0 Å². The van der Waals surface area contributed by atoms with Crippen LogP contribution >= 0.6 is 23.2 Å². The molecule has 0 spiro atoms.